The van der Waals surface area contributed by atoms with Crippen LogP contribution in [0.25, 0.3) is 0 Å². The highest BCUT2D eigenvalue weighted by Gasteiger charge is 2.74. The van der Waals surface area contributed by atoms with Gasteiger partial charge in [0.25, 0.3) is 0 Å². The first-order valence-electron chi connectivity index (χ1n) is 48.3. The number of rotatable bonds is 21. The Morgan fingerprint density at radius 1 is 0.370 bits per heavy atom. The van der Waals surface area contributed by atoms with Gasteiger partial charge in [0.05, 0.1) is 80.3 Å². The number of carbonyl (C=O) groups excluding carboxylic acids is 14. The zero-order valence-corrected chi connectivity index (χ0v) is 79.4. The van der Waals surface area contributed by atoms with Crippen LogP contribution in [0.4, 0.5) is 0 Å². The van der Waals surface area contributed by atoms with Crippen molar-refractivity contribution in [2.75, 3.05) is 0 Å². The van der Waals surface area contributed by atoms with E-state index in [1.165, 1.54) is 0 Å². The summed E-state index contributed by atoms with van der Waals surface area (Å²) in [6.45, 7) is 44.5. The van der Waals surface area contributed by atoms with Gasteiger partial charge in [-0.25, -0.2) is 0 Å². The molecule has 13 saturated carbocycles. The van der Waals surface area contributed by atoms with Crippen LogP contribution in [0.15, 0.2) is 0 Å². The lowest BCUT2D eigenvalue weighted by Gasteiger charge is -2.38. The molecule has 28 heteroatoms. The fourth-order valence-electron chi connectivity index (χ4n) is 24.7. The van der Waals surface area contributed by atoms with Crippen LogP contribution in [0, 0.1) is 151 Å². The standard InChI is InChI=1S/3C15H22O4.2C14H20O4.C13H18O4.C13H20O4/c1-5-14(2,3)13(17)19-11-10-8-6-15(11,4)7-9(8)12(16)18-10;1-5-14(2,3)13(17)19-15(4)8-6-9-10(7-8)12(16)18-11(9)15;1-5-14(2,3)13(17)18-11-8-6-9-10(7-8)15(11,4)19-12(9)16;1-4-14(2,3)13(16)18-10-7-5-8-9(6-7)12(15)17-11(8)10;1-4-7(2)12(15)18-14(3)8-5-9-10(6-8)13(16)17-11(9)14;1-3-6(2)12(14)16-10-7-4-8-9(5-7)13(15)17-11(8)10;1-4-13(2,3)12(15)17-9-6-5-8-7-10(9)16-11(8)14/h3*8-11H,5-7H2,1-4H3;2*7-11H,4-6H2,1-3H3;6-11H,3-5H2,1-2H3;8-10H,4-7H2,1-3H3. The SMILES string of the molecule is CCC(C)(C)C(=O)OC1(C)C2CC3C(=O)OC1C3C2.CCC(C)(C)C(=O)OC1C2CC3C(=O)OC1(C)C3C2.CCC(C)(C)C(=O)OC1C2CC3C(=O)OC1C3C2.CCC(C)(C)C(=O)OC1C2OC(=O)C3CC1(C)CC32.CCC(C)(C)C(=O)OC1CCC2CC1OC2=O.CCC(C)C(=O)OC1(C)C2CC3C(=O)OC1C3C2.CCC(C)C(=O)OC1C2CC3C(=O)OC1C3C2. The van der Waals surface area contributed by atoms with E-state index in [0.717, 1.165) is 135 Å². The molecule has 7 saturated heterocycles. The third kappa shape index (κ3) is 16.8. The molecule has 0 amide bonds. The van der Waals surface area contributed by atoms with Crippen LogP contribution in [-0.2, 0) is 133 Å². The van der Waals surface area contributed by atoms with Crippen molar-refractivity contribution in [2.24, 2.45) is 151 Å². The molecule has 0 spiro atoms. The quantitative estimate of drug-likeness (QED) is 0.0761. The zero-order valence-electron chi connectivity index (χ0n) is 79.4. The van der Waals surface area contributed by atoms with Crippen molar-refractivity contribution in [1.82, 2.24) is 0 Å². The van der Waals surface area contributed by atoms with Gasteiger partial charge in [0, 0.05) is 76.9 Å². The summed E-state index contributed by atoms with van der Waals surface area (Å²) >= 11 is 0. The van der Waals surface area contributed by atoms with Gasteiger partial charge in [0.1, 0.15) is 83.9 Å². The van der Waals surface area contributed by atoms with Crippen molar-refractivity contribution in [3.05, 3.63) is 0 Å². The largest absolute Gasteiger partial charge is 0.458 e. The lowest BCUT2D eigenvalue weighted by atomic mass is 9.79. The molecule has 0 aromatic rings. The molecule has 35 unspecified atom stereocenters. The molecule has 0 N–H and O–H groups in total. The van der Waals surface area contributed by atoms with E-state index in [4.69, 9.17) is 66.3 Å². The van der Waals surface area contributed by atoms with Gasteiger partial charge >= 0.3 is 83.6 Å². The molecule has 20 fully saturated rings. The molecule has 0 aromatic carbocycles. The second kappa shape index (κ2) is 34.6. The van der Waals surface area contributed by atoms with E-state index in [2.05, 4.69) is 6.92 Å². The maximum atomic E-state index is 12.3. The average Bonchev–Trinajstić information content (AvgIpc) is 1.54. The highest BCUT2D eigenvalue weighted by molar-refractivity contribution is 5.84. The Hall–Kier alpha value is -7.42. The van der Waals surface area contributed by atoms with Crippen LogP contribution in [0.2, 0.25) is 0 Å². The summed E-state index contributed by atoms with van der Waals surface area (Å²) in [5, 5.41) is 0. The van der Waals surface area contributed by atoms with Crippen molar-refractivity contribution in [1.29, 1.82) is 0 Å². The molecule has 28 nitrogen and oxygen atoms in total. The van der Waals surface area contributed by atoms with E-state index < -0.39 is 43.9 Å². The van der Waals surface area contributed by atoms with Crippen molar-refractivity contribution < 1.29 is 133 Å². The van der Waals surface area contributed by atoms with E-state index in [-0.39, 0.29) is 245 Å². The summed E-state index contributed by atoms with van der Waals surface area (Å²) in [4.78, 5) is 166. The van der Waals surface area contributed by atoms with E-state index >= 15 is 0 Å². The van der Waals surface area contributed by atoms with Gasteiger partial charge in [-0.2, -0.15) is 0 Å². The van der Waals surface area contributed by atoms with Crippen LogP contribution in [0.1, 0.15) is 301 Å². The Kier molecular flexibility index (Phi) is 26.1. The predicted octanol–water partition coefficient (Wildman–Crippen LogP) is 14.3. The molecule has 7 heterocycles. The normalized spacial score (nSPS) is 42.0. The van der Waals surface area contributed by atoms with Crippen LogP contribution >= 0.6 is 0 Å². The van der Waals surface area contributed by atoms with Crippen molar-refractivity contribution in [3.63, 3.8) is 0 Å². The molecule has 127 heavy (non-hydrogen) atoms. The number of hydrogen-bond donors (Lipinski definition) is 0. The first-order valence-corrected chi connectivity index (χ1v) is 48.3. The first-order chi connectivity index (χ1) is 59.3. The first kappa shape index (κ1) is 95.7. The Labute approximate surface area is 748 Å². The highest BCUT2D eigenvalue weighted by atomic mass is 16.6. The minimum absolute atomic E-state index is 0.0362. The Bertz CT molecular complexity index is 4300. The molecular formula is C99H144O28. The molecule has 0 radical (unpaired) electrons. The fourth-order valence-corrected chi connectivity index (χ4v) is 24.7. The van der Waals surface area contributed by atoms with Crippen LogP contribution in [-0.4, -0.2) is 168 Å². The third-order valence-corrected chi connectivity index (χ3v) is 35.9. The average molecular weight is 1780 g/mol. The number of carbonyl (C=O) groups is 14. The van der Waals surface area contributed by atoms with Crippen LogP contribution in [0.5, 0.6) is 0 Å². The monoisotopic (exact) mass is 1780 g/mol. The molecule has 20 aliphatic rings. The van der Waals surface area contributed by atoms with Crippen molar-refractivity contribution >= 4 is 83.6 Å². The van der Waals surface area contributed by atoms with E-state index in [1.54, 1.807) is 0 Å². The third-order valence-electron chi connectivity index (χ3n) is 35.9. The lowest BCUT2D eigenvalue weighted by Crippen LogP contribution is -2.49. The minimum Gasteiger partial charge on any atom is -0.458 e. The van der Waals surface area contributed by atoms with Crippen molar-refractivity contribution in [3.8, 4) is 0 Å². The van der Waals surface area contributed by atoms with Gasteiger partial charge in [-0.1, -0.05) is 69.2 Å². The Morgan fingerprint density at radius 2 is 0.787 bits per heavy atom. The fraction of sp³-hybridized carbons (Fsp3) is 0.859. The summed E-state index contributed by atoms with van der Waals surface area (Å²) in [6.07, 6.45) is 16.0. The maximum Gasteiger partial charge on any atom is 0.312 e. The molecule has 708 valence electrons. The topological polar surface area (TPSA) is 368 Å². The van der Waals surface area contributed by atoms with Crippen LogP contribution in [0.3, 0.4) is 0 Å². The van der Waals surface area contributed by atoms with Gasteiger partial charge < -0.3 is 66.3 Å². The molecule has 0 aromatic heterocycles. The Balaban J connectivity index is 0.000000120. The smallest absolute Gasteiger partial charge is 0.312 e. The summed E-state index contributed by atoms with van der Waals surface area (Å²) in [6, 6.07) is 0. The van der Waals surface area contributed by atoms with Crippen molar-refractivity contribution in [2.45, 2.75) is 384 Å². The molecule has 7 aliphatic heterocycles. The molecule has 20 rings (SSSR count). The van der Waals surface area contributed by atoms with E-state index in [0.29, 0.717) is 36.0 Å². The molecule has 14 bridgehead atoms. The summed E-state index contributed by atoms with van der Waals surface area (Å²) in [5.41, 5.74) is -4.20. The summed E-state index contributed by atoms with van der Waals surface area (Å²) < 4.78 is 77.8. The van der Waals surface area contributed by atoms with Crippen LogP contribution < -0.4 is 0 Å². The Morgan fingerprint density at radius 3 is 1.28 bits per heavy atom. The van der Waals surface area contributed by atoms with Gasteiger partial charge in [-0.15, -0.1) is 0 Å². The number of esters is 14. The summed E-state index contributed by atoms with van der Waals surface area (Å²) in [7, 11) is 0. The van der Waals surface area contributed by atoms with Gasteiger partial charge in [0.15, 0.2) is 0 Å². The molecule has 13 aliphatic carbocycles. The molecule has 35 atom stereocenters. The zero-order chi connectivity index (χ0) is 92.9. The number of fused-ring (bicyclic) bond motifs is 8. The minimum atomic E-state index is -0.614. The summed E-state index contributed by atoms with van der Waals surface area (Å²) in [5.74, 6) is 1.60. The maximum absolute atomic E-state index is 12.3. The highest BCUT2D eigenvalue weighted by Crippen LogP contribution is 2.66. The lowest BCUT2D eigenvalue weighted by molar-refractivity contribution is -0.188. The molecular weight excluding hydrogens is 1640 g/mol. The van der Waals surface area contributed by atoms with E-state index in [9.17, 15) is 67.1 Å². The van der Waals surface area contributed by atoms with E-state index in [1.807, 2.05) is 152 Å². The second-order valence-corrected chi connectivity index (χ2v) is 45.5. The number of ether oxygens (including phenoxy) is 14. The van der Waals surface area contributed by atoms with Gasteiger partial charge in [0.2, 0.25) is 0 Å². The predicted molar refractivity (Wildman–Crippen MR) is 452 cm³/mol. The number of hydrogen-bond acceptors (Lipinski definition) is 28. The second-order valence-electron chi connectivity index (χ2n) is 45.5. The van der Waals surface area contributed by atoms with Gasteiger partial charge in [-0.3, -0.25) is 67.1 Å². The van der Waals surface area contributed by atoms with Gasteiger partial charge in [-0.05, 0) is 225 Å².